The Labute approximate surface area is 106 Å². The van der Waals surface area contributed by atoms with Crippen LogP contribution in [0.2, 0.25) is 0 Å². The summed E-state index contributed by atoms with van der Waals surface area (Å²) in [5.74, 6) is 5.30. The predicted molar refractivity (Wildman–Crippen MR) is 64.0 cm³/mol. The van der Waals surface area contributed by atoms with Crippen molar-refractivity contribution in [3.05, 3.63) is 46.0 Å². The zero-order valence-electron chi connectivity index (χ0n) is 9.11. The summed E-state index contributed by atoms with van der Waals surface area (Å²) in [6.45, 7) is 5.38. The molecule has 0 heterocycles. The molecule has 0 amide bonds. The van der Waals surface area contributed by atoms with E-state index in [1.54, 1.807) is 13.0 Å². The topological polar surface area (TPSA) is 38.0 Å². The van der Waals surface area contributed by atoms with Gasteiger partial charge >= 0.3 is 6.18 Å². The van der Waals surface area contributed by atoms with E-state index < -0.39 is 17.8 Å². The van der Waals surface area contributed by atoms with Gasteiger partial charge in [0.1, 0.15) is 0 Å². The van der Waals surface area contributed by atoms with E-state index in [2.05, 4.69) is 27.9 Å². The van der Waals surface area contributed by atoms with E-state index in [1.165, 1.54) is 6.07 Å². The highest BCUT2D eigenvalue weighted by molar-refractivity contribution is 9.10. The number of nitrogens with one attached hydrogen (secondary N) is 1. The number of nitrogens with two attached hydrogens (primary N) is 1. The molecule has 1 aromatic carbocycles. The molecule has 0 aliphatic rings. The minimum atomic E-state index is -4.40. The molecule has 0 bridgehead atoms. The van der Waals surface area contributed by atoms with Gasteiger partial charge in [-0.3, -0.25) is 5.84 Å². The lowest BCUT2D eigenvalue weighted by Crippen LogP contribution is -2.28. The number of hydrogen-bond acceptors (Lipinski definition) is 2. The standard InChI is InChI=1S/C11H12BrF3N2/c1-6(2)10(17-16)7-3-4-9(12)8(5-7)11(13,14)15/h3-5,10,17H,1,16H2,2H3. The number of halogens is 4. The fraction of sp³-hybridized carbons (Fsp3) is 0.273. The van der Waals surface area contributed by atoms with Gasteiger partial charge in [-0.1, -0.05) is 34.1 Å². The first kappa shape index (κ1) is 14.2. The molecule has 1 aromatic rings. The Morgan fingerprint density at radius 1 is 1.47 bits per heavy atom. The minimum Gasteiger partial charge on any atom is -0.271 e. The van der Waals surface area contributed by atoms with Crippen LogP contribution in [0.5, 0.6) is 0 Å². The van der Waals surface area contributed by atoms with Gasteiger partial charge in [-0.2, -0.15) is 13.2 Å². The molecule has 0 aliphatic carbocycles. The average molecular weight is 309 g/mol. The molecule has 2 nitrogen and oxygen atoms in total. The Hall–Kier alpha value is -0.850. The first-order valence-corrected chi connectivity index (χ1v) is 5.55. The Bertz CT molecular complexity index is 429. The predicted octanol–water partition coefficient (Wildman–Crippen LogP) is 3.55. The van der Waals surface area contributed by atoms with Gasteiger partial charge in [0, 0.05) is 4.47 Å². The molecule has 0 radical (unpaired) electrons. The summed E-state index contributed by atoms with van der Waals surface area (Å²) in [6.07, 6.45) is -4.40. The Morgan fingerprint density at radius 3 is 2.47 bits per heavy atom. The van der Waals surface area contributed by atoms with Gasteiger partial charge in [-0.05, 0) is 24.6 Å². The fourth-order valence-corrected chi connectivity index (χ4v) is 1.93. The molecule has 0 aromatic heterocycles. The quantitative estimate of drug-likeness (QED) is 0.509. The van der Waals surface area contributed by atoms with Crippen molar-refractivity contribution in [1.82, 2.24) is 5.43 Å². The van der Waals surface area contributed by atoms with Crippen LogP contribution in [0.25, 0.3) is 0 Å². The highest BCUT2D eigenvalue weighted by Crippen LogP contribution is 2.36. The van der Waals surface area contributed by atoms with Crippen molar-refractivity contribution in [2.75, 3.05) is 0 Å². The van der Waals surface area contributed by atoms with Crippen molar-refractivity contribution in [2.24, 2.45) is 5.84 Å². The van der Waals surface area contributed by atoms with Gasteiger partial charge in [0.2, 0.25) is 0 Å². The summed E-state index contributed by atoms with van der Waals surface area (Å²) in [6, 6.07) is 3.48. The van der Waals surface area contributed by atoms with Gasteiger partial charge in [-0.15, -0.1) is 0 Å². The zero-order valence-corrected chi connectivity index (χ0v) is 10.7. The van der Waals surface area contributed by atoms with Crippen LogP contribution >= 0.6 is 15.9 Å². The Morgan fingerprint density at radius 2 is 2.06 bits per heavy atom. The van der Waals surface area contributed by atoms with Crippen LogP contribution in [0.3, 0.4) is 0 Å². The van der Waals surface area contributed by atoms with E-state index in [1.807, 2.05) is 0 Å². The maximum atomic E-state index is 12.7. The number of benzene rings is 1. The summed E-state index contributed by atoms with van der Waals surface area (Å²) < 4.78 is 38.1. The van der Waals surface area contributed by atoms with Crippen LogP contribution in [0.4, 0.5) is 13.2 Å². The van der Waals surface area contributed by atoms with Crippen molar-refractivity contribution in [1.29, 1.82) is 0 Å². The maximum Gasteiger partial charge on any atom is 0.417 e. The minimum absolute atomic E-state index is 0.00577. The van der Waals surface area contributed by atoms with Gasteiger partial charge in [0.15, 0.2) is 0 Å². The summed E-state index contributed by atoms with van der Waals surface area (Å²) in [5.41, 5.74) is 2.78. The van der Waals surface area contributed by atoms with E-state index >= 15 is 0 Å². The molecule has 1 rings (SSSR count). The average Bonchev–Trinajstić information content (AvgIpc) is 2.19. The third-order valence-electron chi connectivity index (χ3n) is 2.29. The van der Waals surface area contributed by atoms with Crippen molar-refractivity contribution in [3.8, 4) is 0 Å². The van der Waals surface area contributed by atoms with E-state index in [0.29, 0.717) is 11.1 Å². The molecule has 0 saturated carbocycles. The molecule has 17 heavy (non-hydrogen) atoms. The number of alkyl halides is 3. The lowest BCUT2D eigenvalue weighted by Gasteiger charge is -2.18. The third-order valence-corrected chi connectivity index (χ3v) is 2.98. The second-order valence-electron chi connectivity index (χ2n) is 3.68. The van der Waals surface area contributed by atoms with Crippen LogP contribution in [0.1, 0.15) is 24.1 Å². The van der Waals surface area contributed by atoms with Crippen molar-refractivity contribution in [2.45, 2.75) is 19.1 Å². The van der Waals surface area contributed by atoms with E-state index in [-0.39, 0.29) is 4.47 Å². The summed E-state index contributed by atoms with van der Waals surface area (Å²) in [7, 11) is 0. The van der Waals surface area contributed by atoms with Gasteiger partial charge in [0.25, 0.3) is 0 Å². The third kappa shape index (κ3) is 3.31. The van der Waals surface area contributed by atoms with Gasteiger partial charge in [-0.25, -0.2) is 5.43 Å². The highest BCUT2D eigenvalue weighted by atomic mass is 79.9. The van der Waals surface area contributed by atoms with Crippen LogP contribution in [0.15, 0.2) is 34.8 Å². The van der Waals surface area contributed by atoms with Crippen LogP contribution < -0.4 is 11.3 Å². The number of hydrazine groups is 1. The Kier molecular flexibility index (Phi) is 4.35. The van der Waals surface area contributed by atoms with E-state index in [0.717, 1.165) is 6.07 Å². The largest absolute Gasteiger partial charge is 0.417 e. The zero-order chi connectivity index (χ0) is 13.2. The second-order valence-corrected chi connectivity index (χ2v) is 4.54. The first-order valence-electron chi connectivity index (χ1n) is 4.75. The summed E-state index contributed by atoms with van der Waals surface area (Å²) in [4.78, 5) is 0. The molecule has 0 spiro atoms. The monoisotopic (exact) mass is 308 g/mol. The first-order chi connectivity index (χ1) is 7.77. The van der Waals surface area contributed by atoms with Gasteiger partial charge in [0.05, 0.1) is 11.6 Å². The van der Waals surface area contributed by atoms with Crippen LogP contribution in [-0.4, -0.2) is 0 Å². The maximum absolute atomic E-state index is 12.7. The van der Waals surface area contributed by atoms with Crippen LogP contribution in [0, 0.1) is 0 Å². The molecule has 0 aliphatic heterocycles. The lowest BCUT2D eigenvalue weighted by molar-refractivity contribution is -0.138. The van der Waals surface area contributed by atoms with Crippen molar-refractivity contribution in [3.63, 3.8) is 0 Å². The normalized spacial score (nSPS) is 13.5. The molecule has 94 valence electrons. The lowest BCUT2D eigenvalue weighted by atomic mass is 9.99. The molecule has 0 saturated heterocycles. The molecule has 3 N–H and O–H groups in total. The van der Waals surface area contributed by atoms with Crippen LogP contribution in [-0.2, 0) is 6.18 Å². The second kappa shape index (κ2) is 5.20. The fourth-order valence-electron chi connectivity index (χ4n) is 1.46. The molecule has 1 unspecified atom stereocenters. The van der Waals surface area contributed by atoms with Crippen molar-refractivity contribution < 1.29 is 13.2 Å². The van der Waals surface area contributed by atoms with Gasteiger partial charge < -0.3 is 0 Å². The van der Waals surface area contributed by atoms with E-state index in [4.69, 9.17) is 5.84 Å². The summed E-state index contributed by atoms with van der Waals surface area (Å²) >= 11 is 2.88. The molecule has 1 atom stereocenters. The van der Waals surface area contributed by atoms with Crippen molar-refractivity contribution >= 4 is 15.9 Å². The Balaban J connectivity index is 3.25. The molecule has 0 fully saturated rings. The SMILES string of the molecule is C=C(C)C(NN)c1ccc(Br)c(C(F)(F)F)c1. The van der Waals surface area contributed by atoms with E-state index in [9.17, 15) is 13.2 Å². The number of rotatable bonds is 3. The molecule has 6 heteroatoms. The summed E-state index contributed by atoms with van der Waals surface area (Å²) in [5, 5.41) is 0. The highest BCUT2D eigenvalue weighted by Gasteiger charge is 2.33. The molecular weight excluding hydrogens is 297 g/mol. The molecular formula is C11H12BrF3N2. The smallest absolute Gasteiger partial charge is 0.271 e. The number of hydrogen-bond donors (Lipinski definition) is 2.